The van der Waals surface area contributed by atoms with Gasteiger partial charge >= 0.3 is 0 Å². The normalized spacial score (nSPS) is 8.72. The summed E-state index contributed by atoms with van der Waals surface area (Å²) in [6.07, 6.45) is 0. The predicted octanol–water partition coefficient (Wildman–Crippen LogP) is 2.43. The topological polar surface area (TPSA) is 20.2 Å². The molecule has 0 atom stereocenters. The Labute approximate surface area is 107 Å². The van der Waals surface area contributed by atoms with E-state index in [1.807, 2.05) is 54.6 Å². The largest absolute Gasteiger partial charge is 0.384 e. The Kier molecular flexibility index (Phi) is 4.20. The quantitative estimate of drug-likeness (QED) is 0.692. The summed E-state index contributed by atoms with van der Waals surface area (Å²) in [4.78, 5) is 0. The van der Waals surface area contributed by atoms with Crippen LogP contribution in [0, 0.1) is 23.7 Å². The van der Waals surface area contributed by atoms with Crippen molar-refractivity contribution >= 4 is 0 Å². The van der Waals surface area contributed by atoms with Crippen molar-refractivity contribution in [2.24, 2.45) is 0 Å². The average molecular weight is 232 g/mol. The molecule has 0 aliphatic carbocycles. The molecule has 2 rings (SSSR count). The van der Waals surface area contributed by atoms with E-state index in [0.717, 1.165) is 16.7 Å². The number of benzene rings is 2. The molecule has 0 radical (unpaired) electrons. The van der Waals surface area contributed by atoms with Crippen molar-refractivity contribution in [2.75, 3.05) is 6.61 Å². The van der Waals surface area contributed by atoms with Crippen LogP contribution in [0.25, 0.3) is 0 Å². The first-order chi connectivity index (χ1) is 8.88. The number of aliphatic hydroxyl groups is 1. The molecule has 0 unspecified atom stereocenters. The first-order valence-corrected chi connectivity index (χ1v) is 5.65. The summed E-state index contributed by atoms with van der Waals surface area (Å²) in [5, 5.41) is 8.65. The monoisotopic (exact) mass is 232 g/mol. The molecule has 1 nitrogen and oxygen atoms in total. The first-order valence-electron chi connectivity index (χ1n) is 5.65. The lowest BCUT2D eigenvalue weighted by Crippen LogP contribution is -1.80. The molecule has 0 saturated heterocycles. The van der Waals surface area contributed by atoms with Crippen LogP contribution in [0.3, 0.4) is 0 Å². The Morgan fingerprint density at radius 1 is 0.722 bits per heavy atom. The lowest BCUT2D eigenvalue weighted by molar-refractivity contribution is 0.350. The molecule has 1 heteroatoms. The van der Waals surface area contributed by atoms with E-state index in [0.29, 0.717) is 0 Å². The third-order valence-corrected chi connectivity index (χ3v) is 2.30. The van der Waals surface area contributed by atoms with Crippen molar-refractivity contribution in [3.63, 3.8) is 0 Å². The van der Waals surface area contributed by atoms with Crippen molar-refractivity contribution in [1.29, 1.82) is 0 Å². The van der Waals surface area contributed by atoms with Crippen molar-refractivity contribution in [3.05, 3.63) is 71.3 Å². The van der Waals surface area contributed by atoms with E-state index < -0.39 is 0 Å². The molecular weight excluding hydrogens is 220 g/mol. The van der Waals surface area contributed by atoms with Gasteiger partial charge in [-0.05, 0) is 30.3 Å². The van der Waals surface area contributed by atoms with Crippen LogP contribution < -0.4 is 0 Å². The highest BCUT2D eigenvalue weighted by Crippen LogP contribution is 2.03. The molecule has 0 aliphatic heterocycles. The predicted molar refractivity (Wildman–Crippen MR) is 72.8 cm³/mol. The number of rotatable bonds is 0. The lowest BCUT2D eigenvalue weighted by atomic mass is 10.1. The minimum atomic E-state index is -0.125. The zero-order valence-electron chi connectivity index (χ0n) is 9.85. The first kappa shape index (κ1) is 12.0. The highest BCUT2D eigenvalue weighted by atomic mass is 16.2. The van der Waals surface area contributed by atoms with E-state index in [4.69, 9.17) is 5.11 Å². The maximum atomic E-state index is 8.65. The Morgan fingerprint density at radius 3 is 2.06 bits per heavy atom. The summed E-state index contributed by atoms with van der Waals surface area (Å²) < 4.78 is 0. The zero-order valence-corrected chi connectivity index (χ0v) is 9.85. The molecule has 86 valence electrons. The molecular formula is C17H12O. The van der Waals surface area contributed by atoms with Crippen LogP contribution in [-0.2, 0) is 0 Å². The van der Waals surface area contributed by atoms with Crippen molar-refractivity contribution in [1.82, 2.24) is 0 Å². The van der Waals surface area contributed by atoms with Crippen LogP contribution >= 0.6 is 0 Å². The fourth-order valence-corrected chi connectivity index (χ4v) is 1.48. The highest BCUT2D eigenvalue weighted by Gasteiger charge is 1.89. The average Bonchev–Trinajstić information content (AvgIpc) is 2.44. The Bertz CT molecular complexity index is 634. The van der Waals surface area contributed by atoms with E-state index in [1.54, 1.807) is 0 Å². The summed E-state index contributed by atoms with van der Waals surface area (Å²) in [6, 6.07) is 17.5. The molecule has 0 spiro atoms. The molecule has 18 heavy (non-hydrogen) atoms. The molecule has 1 N–H and O–H groups in total. The van der Waals surface area contributed by atoms with Crippen LogP contribution in [0.4, 0.5) is 0 Å². The van der Waals surface area contributed by atoms with E-state index in [2.05, 4.69) is 23.7 Å². The third-order valence-electron chi connectivity index (χ3n) is 2.30. The number of aliphatic hydroxyl groups excluding tert-OH is 1. The Hall–Kier alpha value is -2.48. The summed E-state index contributed by atoms with van der Waals surface area (Å²) in [7, 11) is 0. The van der Waals surface area contributed by atoms with Crippen molar-refractivity contribution < 1.29 is 5.11 Å². The van der Waals surface area contributed by atoms with Gasteiger partial charge in [-0.3, -0.25) is 0 Å². The molecule has 0 heterocycles. The van der Waals surface area contributed by atoms with Gasteiger partial charge in [0.1, 0.15) is 6.61 Å². The van der Waals surface area contributed by atoms with Gasteiger partial charge in [-0.1, -0.05) is 47.9 Å². The Balaban J connectivity index is 2.23. The molecule has 0 fully saturated rings. The molecule has 0 bridgehead atoms. The maximum Gasteiger partial charge on any atom is 0.104 e. The van der Waals surface area contributed by atoms with Crippen LogP contribution in [0.5, 0.6) is 0 Å². The second-order valence-corrected chi connectivity index (χ2v) is 3.66. The second-order valence-electron chi connectivity index (χ2n) is 3.66. The zero-order chi connectivity index (χ0) is 12.6. The van der Waals surface area contributed by atoms with Crippen LogP contribution in [0.15, 0.2) is 54.6 Å². The SMILES string of the molecule is OCC#Cc1cccc(C#Cc2ccccc2)c1. The third kappa shape index (κ3) is 3.52. The van der Waals surface area contributed by atoms with Crippen LogP contribution in [0.1, 0.15) is 16.7 Å². The highest BCUT2D eigenvalue weighted by molar-refractivity contribution is 5.46. The fourth-order valence-electron chi connectivity index (χ4n) is 1.48. The van der Waals surface area contributed by atoms with Crippen LogP contribution in [0.2, 0.25) is 0 Å². The van der Waals surface area contributed by atoms with Gasteiger partial charge in [-0.25, -0.2) is 0 Å². The standard InChI is InChI=1S/C17H12O/c18-13-5-10-16-8-4-9-17(14-16)12-11-15-6-2-1-3-7-15/h1-4,6-9,14,18H,13H2. The molecule has 0 aromatic heterocycles. The number of hydrogen-bond acceptors (Lipinski definition) is 1. The van der Waals surface area contributed by atoms with Gasteiger partial charge in [0.25, 0.3) is 0 Å². The minimum Gasteiger partial charge on any atom is -0.384 e. The Morgan fingerprint density at radius 2 is 1.33 bits per heavy atom. The van der Waals surface area contributed by atoms with Crippen molar-refractivity contribution in [3.8, 4) is 23.7 Å². The van der Waals surface area contributed by atoms with Gasteiger partial charge in [-0.15, -0.1) is 0 Å². The van der Waals surface area contributed by atoms with E-state index in [9.17, 15) is 0 Å². The summed E-state index contributed by atoms with van der Waals surface area (Å²) in [6.45, 7) is -0.125. The fraction of sp³-hybridized carbons (Fsp3) is 0.0588. The van der Waals surface area contributed by atoms with Gasteiger partial charge in [0.15, 0.2) is 0 Å². The van der Waals surface area contributed by atoms with Gasteiger partial charge in [-0.2, -0.15) is 0 Å². The van der Waals surface area contributed by atoms with Gasteiger partial charge in [0.2, 0.25) is 0 Å². The second kappa shape index (κ2) is 6.30. The maximum absolute atomic E-state index is 8.65. The number of hydrogen-bond donors (Lipinski definition) is 1. The minimum absolute atomic E-state index is 0.125. The molecule has 2 aromatic carbocycles. The smallest absolute Gasteiger partial charge is 0.104 e. The molecule has 0 amide bonds. The van der Waals surface area contributed by atoms with E-state index in [1.165, 1.54) is 0 Å². The molecule has 0 aliphatic rings. The lowest BCUT2D eigenvalue weighted by Gasteiger charge is -1.92. The van der Waals surface area contributed by atoms with E-state index >= 15 is 0 Å². The van der Waals surface area contributed by atoms with Gasteiger partial charge in [0, 0.05) is 16.7 Å². The van der Waals surface area contributed by atoms with Crippen molar-refractivity contribution in [2.45, 2.75) is 0 Å². The van der Waals surface area contributed by atoms with Crippen LogP contribution in [-0.4, -0.2) is 11.7 Å². The molecule has 2 aromatic rings. The van der Waals surface area contributed by atoms with E-state index in [-0.39, 0.29) is 6.61 Å². The summed E-state index contributed by atoms with van der Waals surface area (Å²) >= 11 is 0. The van der Waals surface area contributed by atoms with Gasteiger partial charge in [0.05, 0.1) is 0 Å². The summed E-state index contributed by atoms with van der Waals surface area (Å²) in [5.41, 5.74) is 2.77. The summed E-state index contributed by atoms with van der Waals surface area (Å²) in [5.74, 6) is 11.7. The van der Waals surface area contributed by atoms with Gasteiger partial charge < -0.3 is 5.11 Å². The molecule has 0 saturated carbocycles.